The van der Waals surface area contributed by atoms with Crippen molar-refractivity contribution in [2.45, 2.75) is 0 Å². The van der Waals surface area contributed by atoms with Crippen molar-refractivity contribution in [2.75, 3.05) is 0 Å². The Labute approximate surface area is 187 Å². The summed E-state index contributed by atoms with van der Waals surface area (Å²) < 4.78 is 104. The van der Waals surface area contributed by atoms with E-state index in [1.807, 2.05) is 60.7 Å². The molecule has 9 heteroatoms. The van der Waals surface area contributed by atoms with Crippen molar-refractivity contribution in [3.05, 3.63) is 119 Å². The number of hydrogen-bond acceptors (Lipinski definition) is 0. The first-order chi connectivity index (χ1) is 14.3. The minimum absolute atomic E-state index is 0. The van der Waals surface area contributed by atoms with Gasteiger partial charge in [0.05, 0.1) is 11.6 Å². The molecule has 31 heavy (non-hydrogen) atoms. The predicted octanol–water partition coefficient (Wildman–Crippen LogP) is 6.88. The van der Waals surface area contributed by atoms with E-state index in [1.165, 1.54) is 12.1 Å². The second kappa shape index (κ2) is 12.2. The van der Waals surface area contributed by atoms with E-state index in [-0.39, 0.29) is 21.7 Å². The third-order valence-electron chi connectivity index (χ3n) is 3.43. The van der Waals surface area contributed by atoms with E-state index in [1.54, 1.807) is 0 Å². The SMILES string of the molecule is Fc1[c-]c(-c2[c-]c(F)c(F)c(F)c2F)c(F)c(F)c1F.[Ti].[cH-]1[cH-][cH-][cH-][cH-]1.c1cc[cH-]c1. The van der Waals surface area contributed by atoms with Gasteiger partial charge in [0.2, 0.25) is 0 Å². The molecule has 0 saturated carbocycles. The quantitative estimate of drug-likeness (QED) is 0.0929. The van der Waals surface area contributed by atoms with Crippen LogP contribution in [0.2, 0.25) is 0 Å². The van der Waals surface area contributed by atoms with Crippen LogP contribution in [0, 0.1) is 58.7 Å². The first kappa shape index (κ1) is 26.3. The van der Waals surface area contributed by atoms with Crippen LogP contribution in [0.4, 0.5) is 35.1 Å². The molecule has 4 aromatic rings. The van der Waals surface area contributed by atoms with Crippen LogP contribution in [0.3, 0.4) is 0 Å². The van der Waals surface area contributed by atoms with Gasteiger partial charge in [-0.3, -0.25) is 17.6 Å². The molecule has 0 amide bonds. The van der Waals surface area contributed by atoms with Gasteiger partial charge in [-0.25, -0.2) is 29.7 Å². The van der Waals surface area contributed by atoms with E-state index in [0.717, 1.165) is 0 Å². The van der Waals surface area contributed by atoms with Gasteiger partial charge in [0.15, 0.2) is 0 Å². The Morgan fingerprint density at radius 2 is 0.806 bits per heavy atom. The van der Waals surface area contributed by atoms with Crippen LogP contribution in [-0.2, 0) is 21.7 Å². The van der Waals surface area contributed by atoms with Crippen LogP contribution in [0.25, 0.3) is 11.1 Å². The average Bonchev–Trinajstić information content (AvgIpc) is 3.49. The van der Waals surface area contributed by atoms with Crippen LogP contribution >= 0.6 is 0 Å². The summed E-state index contributed by atoms with van der Waals surface area (Å²) in [4.78, 5) is 0. The Balaban J connectivity index is 0.000000356. The number of rotatable bonds is 1. The van der Waals surface area contributed by atoms with E-state index in [4.69, 9.17) is 0 Å². The first-order valence-corrected chi connectivity index (χ1v) is 8.10. The molecule has 166 valence electrons. The summed E-state index contributed by atoms with van der Waals surface area (Å²) in [5.41, 5.74) is -2.92. The molecular formula is C22H10F8Ti-8. The molecule has 0 aliphatic heterocycles. The fourth-order valence-electron chi connectivity index (χ4n) is 2.03. The van der Waals surface area contributed by atoms with E-state index < -0.39 is 57.7 Å². The summed E-state index contributed by atoms with van der Waals surface area (Å²) in [5.74, 6) is -17.5. The van der Waals surface area contributed by atoms with Crippen molar-refractivity contribution in [3.63, 3.8) is 0 Å². The van der Waals surface area contributed by atoms with Crippen LogP contribution in [-0.4, -0.2) is 0 Å². The van der Waals surface area contributed by atoms with E-state index in [2.05, 4.69) is 0 Å². The Morgan fingerprint density at radius 1 is 0.484 bits per heavy atom. The molecule has 0 unspecified atom stereocenters. The van der Waals surface area contributed by atoms with Crippen molar-refractivity contribution in [2.24, 2.45) is 0 Å². The van der Waals surface area contributed by atoms with Gasteiger partial charge in [-0.05, 0) is 0 Å². The molecule has 4 aromatic carbocycles. The number of benzene rings is 2. The maximum Gasteiger partial charge on any atom is 0.109 e. The minimum Gasteiger partial charge on any atom is -0.748 e. The fourth-order valence-corrected chi connectivity index (χ4v) is 2.03. The molecule has 0 aromatic heterocycles. The van der Waals surface area contributed by atoms with Gasteiger partial charge in [-0.1, -0.05) is 0 Å². The van der Waals surface area contributed by atoms with E-state index in [9.17, 15) is 35.1 Å². The summed E-state index contributed by atoms with van der Waals surface area (Å²) >= 11 is 0. The van der Waals surface area contributed by atoms with Crippen molar-refractivity contribution < 1.29 is 56.8 Å². The third kappa shape index (κ3) is 6.64. The molecule has 0 heterocycles. The molecule has 0 saturated heterocycles. The molecule has 0 aliphatic carbocycles. The zero-order chi connectivity index (χ0) is 22.3. The Hall–Kier alpha value is -2.71. The maximum atomic E-state index is 13.3. The number of hydrogen-bond donors (Lipinski definition) is 0. The second-order valence-electron chi connectivity index (χ2n) is 5.44. The van der Waals surface area contributed by atoms with Crippen LogP contribution in [0.15, 0.2) is 60.7 Å². The molecular weight excluding hydrogens is 464 g/mol. The molecule has 4 rings (SSSR count). The Bertz CT molecular complexity index is 952. The molecule has 0 N–H and O–H groups in total. The van der Waals surface area contributed by atoms with Gasteiger partial charge in [-0.2, -0.15) is 41.5 Å². The van der Waals surface area contributed by atoms with Gasteiger partial charge >= 0.3 is 0 Å². The van der Waals surface area contributed by atoms with Crippen molar-refractivity contribution in [3.8, 4) is 11.1 Å². The fraction of sp³-hybridized carbons (Fsp3) is 0. The summed E-state index contributed by atoms with van der Waals surface area (Å²) in [6, 6.07) is 22.5. The second-order valence-corrected chi connectivity index (χ2v) is 5.44. The van der Waals surface area contributed by atoms with Crippen molar-refractivity contribution in [1.82, 2.24) is 0 Å². The largest absolute Gasteiger partial charge is 0.748 e. The smallest absolute Gasteiger partial charge is 0.109 e. The van der Waals surface area contributed by atoms with Crippen molar-refractivity contribution in [1.29, 1.82) is 0 Å². The summed E-state index contributed by atoms with van der Waals surface area (Å²) in [5, 5.41) is 0. The van der Waals surface area contributed by atoms with E-state index >= 15 is 0 Å². The summed E-state index contributed by atoms with van der Waals surface area (Å²) in [6.07, 6.45) is 0. The topological polar surface area (TPSA) is 0 Å². The van der Waals surface area contributed by atoms with Crippen LogP contribution < -0.4 is 0 Å². The standard InChI is InChI=1S/C12F8.2C5H5.Ti/c13-5-1-3(7(15)11(19)9(5)17)4-2-6(14)10(18)12(20)8(4)16;2*1-2-4-5-3-1;/h;2*1-5H;/q-2;-5;-1;. The number of halogens is 8. The van der Waals surface area contributed by atoms with E-state index in [0.29, 0.717) is 0 Å². The summed E-state index contributed by atoms with van der Waals surface area (Å²) in [7, 11) is 0. The zero-order valence-electron chi connectivity index (χ0n) is 15.3. The van der Waals surface area contributed by atoms with Gasteiger partial charge in [-0.15, -0.1) is 0 Å². The molecule has 0 spiro atoms. The molecule has 0 bridgehead atoms. The predicted molar refractivity (Wildman–Crippen MR) is 93.3 cm³/mol. The summed E-state index contributed by atoms with van der Waals surface area (Å²) in [6.45, 7) is 0. The first-order valence-electron chi connectivity index (χ1n) is 8.10. The van der Waals surface area contributed by atoms with Crippen molar-refractivity contribution >= 4 is 0 Å². The van der Waals surface area contributed by atoms with Gasteiger partial charge < -0.3 is 30.3 Å². The van der Waals surface area contributed by atoms with Crippen LogP contribution in [0.1, 0.15) is 0 Å². The maximum absolute atomic E-state index is 13.3. The van der Waals surface area contributed by atoms with Gasteiger partial charge in [0.1, 0.15) is 23.3 Å². The molecule has 0 radical (unpaired) electrons. The third-order valence-corrected chi connectivity index (χ3v) is 3.43. The molecule has 0 atom stereocenters. The Kier molecular flexibility index (Phi) is 10.4. The monoisotopic (exact) mass is 474 g/mol. The van der Waals surface area contributed by atoms with Gasteiger partial charge in [0.25, 0.3) is 0 Å². The minimum atomic E-state index is -2.34. The normalized spacial score (nSPS) is 9.68. The molecule has 0 nitrogen and oxygen atoms in total. The average molecular weight is 474 g/mol. The Morgan fingerprint density at radius 3 is 1.06 bits per heavy atom. The molecule has 0 fully saturated rings. The molecule has 0 aliphatic rings. The van der Waals surface area contributed by atoms with Crippen LogP contribution in [0.5, 0.6) is 0 Å². The van der Waals surface area contributed by atoms with Gasteiger partial charge in [0, 0.05) is 33.4 Å². The zero-order valence-corrected chi connectivity index (χ0v) is 16.9.